The van der Waals surface area contributed by atoms with Gasteiger partial charge in [-0.3, -0.25) is 9.11 Å². The summed E-state index contributed by atoms with van der Waals surface area (Å²) in [5, 5.41) is 8.79. The molecule has 2 rings (SSSR count). The normalized spacial score (nSPS) is 22.0. The van der Waals surface area contributed by atoms with Crippen LogP contribution in [0.4, 0.5) is 0 Å². The molecule has 0 bridgehead atoms. The monoisotopic (exact) mass is 256 g/mol. The van der Waals surface area contributed by atoms with Crippen LogP contribution >= 0.6 is 10.6 Å². The Morgan fingerprint density at radius 2 is 1.65 bits per heavy atom. The largest absolute Gasteiger partial charge is 0.478 e. The van der Waals surface area contributed by atoms with Crippen LogP contribution in [-0.4, -0.2) is 31.7 Å². The Morgan fingerprint density at radius 3 is 2.12 bits per heavy atom. The van der Waals surface area contributed by atoms with Gasteiger partial charge in [0.1, 0.15) is 0 Å². The van der Waals surface area contributed by atoms with Crippen molar-refractivity contribution < 1.29 is 19.0 Å². The highest BCUT2D eigenvalue weighted by molar-refractivity contribution is 8.24. The lowest BCUT2D eigenvalue weighted by Crippen LogP contribution is -2.19. The van der Waals surface area contributed by atoms with Gasteiger partial charge in [0.05, 0.1) is 5.56 Å². The molecule has 0 amide bonds. The number of benzene rings is 1. The number of carboxylic acids is 1. The van der Waals surface area contributed by atoms with Gasteiger partial charge in [-0.15, -0.1) is 0 Å². The zero-order chi connectivity index (χ0) is 12.5. The molecule has 0 aliphatic carbocycles. The third-order valence-corrected chi connectivity index (χ3v) is 4.99. The Kier molecular flexibility index (Phi) is 3.42. The van der Waals surface area contributed by atoms with E-state index in [1.54, 1.807) is 12.1 Å². The van der Waals surface area contributed by atoms with Gasteiger partial charge in [0.2, 0.25) is 0 Å². The Hall–Kier alpha value is -1.04. The van der Waals surface area contributed by atoms with Gasteiger partial charge in [0.25, 0.3) is 0 Å². The van der Waals surface area contributed by atoms with Gasteiger partial charge in [-0.2, -0.15) is 10.6 Å². The molecule has 1 aromatic carbocycles. The maximum absolute atomic E-state index is 10.7. The summed E-state index contributed by atoms with van der Waals surface area (Å²) >= 11 is 0. The second-order valence-corrected chi connectivity index (χ2v) is 6.83. The fourth-order valence-electron chi connectivity index (χ4n) is 2.14. The fraction of sp³-hybridized carbons (Fsp3) is 0.417. The topological polar surface area (TPSA) is 77.8 Å². The van der Waals surface area contributed by atoms with E-state index in [1.807, 2.05) is 12.1 Å². The zero-order valence-corrected chi connectivity index (χ0v) is 10.2. The van der Waals surface area contributed by atoms with Gasteiger partial charge < -0.3 is 5.11 Å². The third-order valence-electron chi connectivity index (χ3n) is 3.22. The standard InChI is InChI=1S/C12H16O4S/c13-12(14)11-3-1-9(2-4-11)10-5-7-17(15,16)8-6-10/h1-4,10,15-16H,5-8H2,(H,13,14). The van der Waals surface area contributed by atoms with Crippen LogP contribution in [0.3, 0.4) is 0 Å². The molecule has 0 spiro atoms. The zero-order valence-electron chi connectivity index (χ0n) is 9.37. The molecule has 1 fully saturated rings. The van der Waals surface area contributed by atoms with Crippen molar-refractivity contribution in [2.24, 2.45) is 0 Å². The first-order valence-electron chi connectivity index (χ1n) is 5.55. The number of hydrogen-bond donors (Lipinski definition) is 3. The minimum Gasteiger partial charge on any atom is -0.478 e. The van der Waals surface area contributed by atoms with Gasteiger partial charge in [0, 0.05) is 11.5 Å². The highest BCUT2D eigenvalue weighted by Crippen LogP contribution is 2.48. The summed E-state index contributed by atoms with van der Waals surface area (Å²) in [4.78, 5) is 10.7. The van der Waals surface area contributed by atoms with Crippen LogP contribution in [-0.2, 0) is 0 Å². The van der Waals surface area contributed by atoms with Crippen molar-refractivity contribution in [2.45, 2.75) is 18.8 Å². The number of aromatic carboxylic acids is 1. The predicted molar refractivity (Wildman–Crippen MR) is 68.0 cm³/mol. The first-order valence-corrected chi connectivity index (χ1v) is 7.43. The first-order chi connectivity index (χ1) is 7.98. The Balaban J connectivity index is 2.06. The summed E-state index contributed by atoms with van der Waals surface area (Å²) < 4.78 is 19.0. The quantitative estimate of drug-likeness (QED) is 0.760. The Labute approximate surface area is 102 Å². The van der Waals surface area contributed by atoms with Crippen molar-refractivity contribution in [3.63, 3.8) is 0 Å². The van der Waals surface area contributed by atoms with E-state index in [9.17, 15) is 13.9 Å². The van der Waals surface area contributed by atoms with E-state index < -0.39 is 16.6 Å². The minimum atomic E-state index is -2.34. The van der Waals surface area contributed by atoms with Gasteiger partial charge >= 0.3 is 5.97 Å². The lowest BCUT2D eigenvalue weighted by Gasteiger charge is -2.39. The lowest BCUT2D eigenvalue weighted by atomic mass is 9.93. The number of carbonyl (C=O) groups is 1. The van der Waals surface area contributed by atoms with Crippen LogP contribution in [0, 0.1) is 0 Å². The Bertz CT molecular complexity index is 403. The van der Waals surface area contributed by atoms with Crippen molar-refractivity contribution in [2.75, 3.05) is 11.5 Å². The molecule has 0 radical (unpaired) electrons. The molecule has 3 N–H and O–H groups in total. The van der Waals surface area contributed by atoms with Crippen molar-refractivity contribution in [3.05, 3.63) is 35.4 Å². The highest BCUT2D eigenvalue weighted by Gasteiger charge is 2.25. The number of hydrogen-bond acceptors (Lipinski definition) is 3. The molecule has 94 valence electrons. The summed E-state index contributed by atoms with van der Waals surface area (Å²) in [7, 11) is -2.34. The molecule has 1 saturated heterocycles. The second-order valence-electron chi connectivity index (χ2n) is 4.41. The van der Waals surface area contributed by atoms with E-state index in [0.717, 1.165) is 18.4 Å². The third kappa shape index (κ3) is 3.00. The molecule has 0 saturated carbocycles. The summed E-state index contributed by atoms with van der Waals surface area (Å²) in [5.74, 6) is 0.309. The van der Waals surface area contributed by atoms with E-state index in [4.69, 9.17) is 5.11 Å². The smallest absolute Gasteiger partial charge is 0.335 e. The Morgan fingerprint density at radius 1 is 1.12 bits per heavy atom. The molecule has 1 aromatic rings. The van der Waals surface area contributed by atoms with E-state index in [2.05, 4.69) is 0 Å². The van der Waals surface area contributed by atoms with Gasteiger partial charge in [-0.1, -0.05) is 12.1 Å². The van der Waals surface area contributed by atoms with Gasteiger partial charge in [0.15, 0.2) is 0 Å². The molecule has 0 unspecified atom stereocenters. The van der Waals surface area contributed by atoms with Crippen LogP contribution in [0.25, 0.3) is 0 Å². The van der Waals surface area contributed by atoms with Gasteiger partial charge in [-0.25, -0.2) is 4.79 Å². The number of carboxylic acid groups (broad SMARTS) is 1. The molecule has 4 nitrogen and oxygen atoms in total. The molecular weight excluding hydrogens is 240 g/mol. The summed E-state index contributed by atoms with van der Waals surface area (Å²) in [6, 6.07) is 6.85. The first kappa shape index (κ1) is 12.4. The van der Waals surface area contributed by atoms with Crippen molar-refractivity contribution in [3.8, 4) is 0 Å². The van der Waals surface area contributed by atoms with E-state index in [1.165, 1.54) is 0 Å². The average Bonchev–Trinajstić information content (AvgIpc) is 2.29. The molecule has 17 heavy (non-hydrogen) atoms. The fourth-order valence-corrected chi connectivity index (χ4v) is 3.67. The maximum atomic E-state index is 10.7. The van der Waals surface area contributed by atoms with Crippen molar-refractivity contribution in [1.29, 1.82) is 0 Å². The molecule has 1 aliphatic heterocycles. The summed E-state index contributed by atoms with van der Waals surface area (Å²) in [5.41, 5.74) is 1.37. The molecule has 0 atom stereocenters. The molecular formula is C12H16O4S. The molecule has 1 heterocycles. The predicted octanol–water partition coefficient (Wildman–Crippen LogP) is 3.01. The SMILES string of the molecule is O=C(O)c1ccc(C2CCS(O)(O)CC2)cc1. The second kappa shape index (κ2) is 4.68. The summed E-state index contributed by atoms with van der Waals surface area (Å²) in [6.07, 6.45) is 1.52. The molecule has 1 aliphatic rings. The van der Waals surface area contributed by atoms with Crippen LogP contribution in [0.15, 0.2) is 24.3 Å². The van der Waals surface area contributed by atoms with E-state index in [0.29, 0.717) is 17.4 Å². The maximum Gasteiger partial charge on any atom is 0.335 e. The highest BCUT2D eigenvalue weighted by atomic mass is 32.3. The molecule has 5 heteroatoms. The minimum absolute atomic E-state index is 0.286. The van der Waals surface area contributed by atoms with Gasteiger partial charge in [-0.05, 0) is 36.5 Å². The average molecular weight is 256 g/mol. The van der Waals surface area contributed by atoms with Crippen molar-refractivity contribution in [1.82, 2.24) is 0 Å². The number of rotatable bonds is 2. The molecule has 0 aromatic heterocycles. The van der Waals surface area contributed by atoms with Crippen LogP contribution in [0.2, 0.25) is 0 Å². The lowest BCUT2D eigenvalue weighted by molar-refractivity contribution is 0.0697. The van der Waals surface area contributed by atoms with E-state index >= 15 is 0 Å². The van der Waals surface area contributed by atoms with Crippen molar-refractivity contribution >= 4 is 16.6 Å². The van der Waals surface area contributed by atoms with E-state index in [-0.39, 0.29) is 5.56 Å². The summed E-state index contributed by atoms with van der Waals surface area (Å²) in [6.45, 7) is 0. The van der Waals surface area contributed by atoms with Crippen LogP contribution < -0.4 is 0 Å². The van der Waals surface area contributed by atoms with Crippen LogP contribution in [0.1, 0.15) is 34.7 Å². The van der Waals surface area contributed by atoms with Crippen LogP contribution in [0.5, 0.6) is 0 Å².